The molecule has 1 amide bonds. The fraction of sp³-hybridized carbons (Fsp3) is 0.538. The summed E-state index contributed by atoms with van der Waals surface area (Å²) >= 11 is 0. The van der Waals surface area contributed by atoms with Gasteiger partial charge in [0, 0.05) is 24.8 Å². The summed E-state index contributed by atoms with van der Waals surface area (Å²) < 4.78 is 0. The molecule has 100 valence electrons. The number of hydrogen-bond donors (Lipinski definition) is 2. The van der Waals surface area contributed by atoms with Crippen LogP contribution in [0, 0.1) is 5.92 Å². The number of carbonyl (C=O) groups is 1. The van der Waals surface area contributed by atoms with Crippen LogP contribution < -0.4 is 11.3 Å². The second-order valence-electron chi connectivity index (χ2n) is 4.97. The zero-order valence-corrected chi connectivity index (χ0v) is 11.5. The average molecular weight is 250 g/mol. The second kappa shape index (κ2) is 6.35. The molecule has 0 aliphatic heterocycles. The summed E-state index contributed by atoms with van der Waals surface area (Å²) in [6.07, 6.45) is 2.55. The number of amides is 1. The lowest BCUT2D eigenvalue weighted by Crippen LogP contribution is -2.36. The highest BCUT2D eigenvalue weighted by Crippen LogP contribution is 2.14. The van der Waals surface area contributed by atoms with Gasteiger partial charge in [-0.2, -0.15) is 0 Å². The molecule has 1 aromatic heterocycles. The van der Waals surface area contributed by atoms with Crippen LogP contribution in [0.3, 0.4) is 0 Å². The number of nitrogens with one attached hydrogen (secondary N) is 1. The Labute approximate surface area is 108 Å². The molecule has 3 N–H and O–H groups in total. The van der Waals surface area contributed by atoms with Crippen molar-refractivity contribution in [1.29, 1.82) is 0 Å². The van der Waals surface area contributed by atoms with E-state index in [-0.39, 0.29) is 11.9 Å². The van der Waals surface area contributed by atoms with Crippen LogP contribution in [-0.2, 0) is 0 Å². The molecule has 5 nitrogen and oxygen atoms in total. The summed E-state index contributed by atoms with van der Waals surface area (Å²) in [6.45, 7) is 6.36. The summed E-state index contributed by atoms with van der Waals surface area (Å²) in [5, 5.41) is 0. The first-order valence-corrected chi connectivity index (χ1v) is 6.15. The van der Waals surface area contributed by atoms with Crippen LogP contribution in [0.4, 0.5) is 5.82 Å². The number of anilines is 1. The number of nitrogens with two attached hydrogens (primary N) is 1. The topological polar surface area (TPSA) is 71.2 Å². The number of rotatable bonds is 5. The normalized spacial score (nSPS) is 12.3. The lowest BCUT2D eigenvalue weighted by Gasteiger charge is -2.26. The molecule has 0 saturated heterocycles. The van der Waals surface area contributed by atoms with Gasteiger partial charge < -0.3 is 10.3 Å². The molecule has 0 aromatic carbocycles. The third kappa shape index (κ3) is 3.70. The fourth-order valence-corrected chi connectivity index (χ4v) is 1.89. The molecule has 0 saturated carbocycles. The van der Waals surface area contributed by atoms with Crippen molar-refractivity contribution in [2.75, 3.05) is 12.5 Å². The summed E-state index contributed by atoms with van der Waals surface area (Å²) in [5.41, 5.74) is 3.03. The van der Waals surface area contributed by atoms with Crippen molar-refractivity contribution in [2.24, 2.45) is 11.8 Å². The minimum atomic E-state index is -0.0120. The van der Waals surface area contributed by atoms with Gasteiger partial charge >= 0.3 is 0 Å². The summed E-state index contributed by atoms with van der Waals surface area (Å²) in [5.74, 6) is 6.33. The van der Waals surface area contributed by atoms with E-state index in [2.05, 4.69) is 31.2 Å². The Morgan fingerprint density at radius 2 is 2.17 bits per heavy atom. The molecular weight excluding hydrogens is 228 g/mol. The minimum absolute atomic E-state index is 0.0120. The molecule has 0 aliphatic rings. The van der Waals surface area contributed by atoms with Crippen LogP contribution in [0.5, 0.6) is 0 Å². The smallest absolute Gasteiger partial charge is 0.254 e. The van der Waals surface area contributed by atoms with E-state index in [1.54, 1.807) is 23.2 Å². The monoisotopic (exact) mass is 250 g/mol. The van der Waals surface area contributed by atoms with E-state index in [1.165, 1.54) is 0 Å². The summed E-state index contributed by atoms with van der Waals surface area (Å²) in [6, 6.07) is 3.56. The van der Waals surface area contributed by atoms with Gasteiger partial charge in [-0.1, -0.05) is 13.8 Å². The zero-order chi connectivity index (χ0) is 13.7. The predicted molar refractivity (Wildman–Crippen MR) is 73.1 cm³/mol. The molecule has 18 heavy (non-hydrogen) atoms. The Kier molecular flexibility index (Phi) is 5.09. The van der Waals surface area contributed by atoms with Crippen molar-refractivity contribution in [3.63, 3.8) is 0 Å². The van der Waals surface area contributed by atoms with Gasteiger partial charge in [0.25, 0.3) is 5.91 Å². The number of hydrogen-bond acceptors (Lipinski definition) is 4. The Hall–Kier alpha value is -1.62. The Morgan fingerprint density at radius 3 is 2.72 bits per heavy atom. The molecule has 1 aromatic rings. The highest BCUT2D eigenvalue weighted by Gasteiger charge is 2.18. The van der Waals surface area contributed by atoms with Crippen LogP contribution >= 0.6 is 0 Å². The van der Waals surface area contributed by atoms with Gasteiger partial charge in [-0.05, 0) is 31.4 Å². The molecule has 0 fully saturated rings. The molecule has 1 heterocycles. The van der Waals surface area contributed by atoms with Crippen molar-refractivity contribution < 1.29 is 4.79 Å². The molecule has 0 bridgehead atoms. The van der Waals surface area contributed by atoms with Gasteiger partial charge in [-0.15, -0.1) is 0 Å². The second-order valence-corrected chi connectivity index (χ2v) is 4.97. The summed E-state index contributed by atoms with van der Waals surface area (Å²) in [4.78, 5) is 18.0. The van der Waals surface area contributed by atoms with E-state index < -0.39 is 0 Å². The maximum absolute atomic E-state index is 12.3. The van der Waals surface area contributed by atoms with Crippen molar-refractivity contribution >= 4 is 11.7 Å². The standard InChI is InChI=1S/C13H22N4O/c1-9(2)7-10(3)17(4)13(18)11-5-6-15-12(8-11)16-14/h5-6,8-10H,7,14H2,1-4H3,(H,15,16). The van der Waals surface area contributed by atoms with Gasteiger partial charge in [-0.3, -0.25) is 4.79 Å². The molecule has 0 aliphatic carbocycles. The van der Waals surface area contributed by atoms with E-state index in [1.807, 2.05) is 7.05 Å². The predicted octanol–water partition coefficient (Wildman–Crippen LogP) is 1.87. The van der Waals surface area contributed by atoms with Crippen LogP contribution in [0.1, 0.15) is 37.6 Å². The largest absolute Gasteiger partial charge is 0.339 e. The van der Waals surface area contributed by atoms with Crippen LogP contribution in [0.25, 0.3) is 0 Å². The van der Waals surface area contributed by atoms with E-state index in [9.17, 15) is 4.79 Å². The number of nitrogen functional groups attached to an aromatic ring is 1. The molecule has 1 unspecified atom stereocenters. The van der Waals surface area contributed by atoms with Gasteiger partial charge in [0.05, 0.1) is 0 Å². The van der Waals surface area contributed by atoms with Gasteiger partial charge in [0.1, 0.15) is 5.82 Å². The van der Waals surface area contributed by atoms with Crippen LogP contribution in [0.2, 0.25) is 0 Å². The maximum Gasteiger partial charge on any atom is 0.254 e. The van der Waals surface area contributed by atoms with Crippen molar-refractivity contribution in [3.05, 3.63) is 23.9 Å². The van der Waals surface area contributed by atoms with Crippen molar-refractivity contribution in [1.82, 2.24) is 9.88 Å². The Morgan fingerprint density at radius 1 is 1.50 bits per heavy atom. The Balaban J connectivity index is 2.79. The minimum Gasteiger partial charge on any atom is -0.339 e. The third-order valence-electron chi connectivity index (χ3n) is 2.95. The van der Waals surface area contributed by atoms with Gasteiger partial charge in [0.15, 0.2) is 0 Å². The lowest BCUT2D eigenvalue weighted by atomic mass is 10.0. The quantitative estimate of drug-likeness (QED) is 0.618. The number of aromatic nitrogens is 1. The lowest BCUT2D eigenvalue weighted by molar-refractivity contribution is 0.0728. The van der Waals surface area contributed by atoms with E-state index in [0.717, 1.165) is 6.42 Å². The van der Waals surface area contributed by atoms with Gasteiger partial charge in [0.2, 0.25) is 0 Å². The van der Waals surface area contributed by atoms with Crippen LogP contribution in [-0.4, -0.2) is 28.9 Å². The van der Waals surface area contributed by atoms with Gasteiger partial charge in [-0.25, -0.2) is 10.8 Å². The number of nitrogens with zero attached hydrogens (tertiary/aromatic N) is 2. The first-order chi connectivity index (χ1) is 8.45. The fourth-order valence-electron chi connectivity index (χ4n) is 1.89. The number of hydrazine groups is 1. The molecule has 1 atom stereocenters. The molecule has 1 rings (SSSR count). The zero-order valence-electron chi connectivity index (χ0n) is 11.5. The molecular formula is C13H22N4O. The number of carbonyl (C=O) groups excluding carboxylic acids is 1. The highest BCUT2D eigenvalue weighted by atomic mass is 16.2. The Bertz CT molecular complexity index is 406. The first kappa shape index (κ1) is 14.4. The average Bonchev–Trinajstić information content (AvgIpc) is 2.36. The molecule has 0 radical (unpaired) electrons. The van der Waals surface area contributed by atoms with Crippen molar-refractivity contribution in [2.45, 2.75) is 33.2 Å². The van der Waals surface area contributed by atoms with E-state index in [4.69, 9.17) is 5.84 Å². The third-order valence-corrected chi connectivity index (χ3v) is 2.95. The first-order valence-electron chi connectivity index (χ1n) is 6.15. The highest BCUT2D eigenvalue weighted by molar-refractivity contribution is 5.94. The van der Waals surface area contributed by atoms with Crippen LogP contribution in [0.15, 0.2) is 18.3 Å². The molecule has 0 spiro atoms. The van der Waals surface area contributed by atoms with E-state index in [0.29, 0.717) is 17.3 Å². The summed E-state index contributed by atoms with van der Waals surface area (Å²) in [7, 11) is 1.82. The molecule has 5 heteroatoms. The van der Waals surface area contributed by atoms with Crippen molar-refractivity contribution in [3.8, 4) is 0 Å². The number of pyridine rings is 1. The SMILES string of the molecule is CC(C)CC(C)N(C)C(=O)c1ccnc(NN)c1. The maximum atomic E-state index is 12.3. The van der Waals surface area contributed by atoms with E-state index >= 15 is 0 Å².